The van der Waals surface area contributed by atoms with Crippen molar-refractivity contribution < 1.29 is 19.5 Å². The van der Waals surface area contributed by atoms with Crippen LogP contribution in [0.15, 0.2) is 18.2 Å². The molecule has 0 heterocycles. The number of nitrogens with one attached hydrogen (secondary N) is 2. The van der Waals surface area contributed by atoms with Crippen LogP contribution in [-0.2, 0) is 9.59 Å². The second-order valence-electron chi connectivity index (χ2n) is 5.34. The summed E-state index contributed by atoms with van der Waals surface area (Å²) in [5.41, 5.74) is 0.143. The van der Waals surface area contributed by atoms with Crippen LogP contribution in [-0.4, -0.2) is 35.0 Å². The zero-order valence-electron chi connectivity index (χ0n) is 13.4. The van der Waals surface area contributed by atoms with Crippen LogP contribution in [0.2, 0.25) is 10.0 Å². The second-order valence-corrected chi connectivity index (χ2v) is 6.12. The smallest absolute Gasteiger partial charge is 0.326 e. The molecule has 2 atom stereocenters. The van der Waals surface area contributed by atoms with Crippen molar-refractivity contribution in [3.63, 3.8) is 0 Å². The number of hydrogen-bond donors (Lipinski definition) is 3. The molecule has 1 aromatic rings. The maximum Gasteiger partial charge on any atom is 0.326 e. The highest BCUT2D eigenvalue weighted by Gasteiger charge is 2.24. The standard InChI is InChI=1S/C16H20Cl2N2O4/c1-3-4-8-12(16(23)24)20-14(21)9(2)19-15(22)10-6-5-7-11(17)13(10)18/h5-7,9,12H,3-4,8H2,1-2H3,(H,19,22)(H,20,21)(H,23,24)/t9?,12-/m0/s1. The molecule has 0 bridgehead atoms. The summed E-state index contributed by atoms with van der Waals surface area (Å²) < 4.78 is 0. The Kier molecular flexibility index (Phi) is 8.01. The number of benzene rings is 1. The molecule has 0 fully saturated rings. The average Bonchev–Trinajstić information content (AvgIpc) is 2.53. The first-order valence-electron chi connectivity index (χ1n) is 7.56. The van der Waals surface area contributed by atoms with Gasteiger partial charge in [-0.1, -0.05) is 49.0 Å². The largest absolute Gasteiger partial charge is 0.480 e. The quantitative estimate of drug-likeness (QED) is 0.651. The molecule has 132 valence electrons. The number of carbonyl (C=O) groups excluding carboxylic acids is 2. The first-order valence-corrected chi connectivity index (χ1v) is 8.31. The molecule has 1 rings (SSSR count). The lowest BCUT2D eigenvalue weighted by atomic mass is 10.1. The molecule has 0 aliphatic rings. The third-order valence-corrected chi connectivity index (χ3v) is 4.22. The Morgan fingerprint density at radius 3 is 2.46 bits per heavy atom. The van der Waals surface area contributed by atoms with Gasteiger partial charge in [0, 0.05) is 0 Å². The number of carbonyl (C=O) groups is 3. The van der Waals surface area contributed by atoms with Crippen LogP contribution in [0.4, 0.5) is 0 Å². The van der Waals surface area contributed by atoms with Gasteiger partial charge in [0.15, 0.2) is 0 Å². The van der Waals surface area contributed by atoms with Crippen molar-refractivity contribution in [2.24, 2.45) is 0 Å². The number of carboxylic acids is 1. The van der Waals surface area contributed by atoms with E-state index >= 15 is 0 Å². The molecular formula is C16H20Cl2N2O4. The van der Waals surface area contributed by atoms with Crippen molar-refractivity contribution in [1.29, 1.82) is 0 Å². The Bertz CT molecular complexity index is 622. The topological polar surface area (TPSA) is 95.5 Å². The van der Waals surface area contributed by atoms with E-state index in [4.69, 9.17) is 28.3 Å². The van der Waals surface area contributed by atoms with E-state index in [1.165, 1.54) is 13.0 Å². The summed E-state index contributed by atoms with van der Waals surface area (Å²) in [5, 5.41) is 14.3. The van der Waals surface area contributed by atoms with Gasteiger partial charge in [-0.05, 0) is 25.5 Å². The Morgan fingerprint density at radius 2 is 1.88 bits per heavy atom. The summed E-state index contributed by atoms with van der Waals surface area (Å²) in [7, 11) is 0. The van der Waals surface area contributed by atoms with Gasteiger partial charge in [-0.15, -0.1) is 0 Å². The van der Waals surface area contributed by atoms with Gasteiger partial charge in [0.05, 0.1) is 15.6 Å². The molecule has 24 heavy (non-hydrogen) atoms. The summed E-state index contributed by atoms with van der Waals surface area (Å²) >= 11 is 11.8. The van der Waals surface area contributed by atoms with Crippen LogP contribution in [0.1, 0.15) is 43.5 Å². The van der Waals surface area contributed by atoms with E-state index in [9.17, 15) is 14.4 Å². The number of aliphatic carboxylic acids is 1. The highest BCUT2D eigenvalue weighted by atomic mass is 35.5. The molecule has 8 heteroatoms. The van der Waals surface area contributed by atoms with Crippen molar-refractivity contribution in [1.82, 2.24) is 10.6 Å². The minimum Gasteiger partial charge on any atom is -0.480 e. The Morgan fingerprint density at radius 1 is 1.21 bits per heavy atom. The number of hydrogen-bond acceptors (Lipinski definition) is 3. The maximum absolute atomic E-state index is 12.2. The zero-order valence-corrected chi connectivity index (χ0v) is 14.9. The van der Waals surface area contributed by atoms with Crippen LogP contribution in [0.5, 0.6) is 0 Å². The number of amides is 2. The maximum atomic E-state index is 12.2. The minimum absolute atomic E-state index is 0.0932. The highest BCUT2D eigenvalue weighted by molar-refractivity contribution is 6.43. The fourth-order valence-electron chi connectivity index (χ4n) is 1.98. The van der Waals surface area contributed by atoms with Gasteiger partial charge in [0.25, 0.3) is 5.91 Å². The molecule has 2 amide bonds. The zero-order chi connectivity index (χ0) is 18.3. The van der Waals surface area contributed by atoms with Gasteiger partial charge in [0.1, 0.15) is 12.1 Å². The van der Waals surface area contributed by atoms with Crippen LogP contribution in [0.25, 0.3) is 0 Å². The normalized spacial score (nSPS) is 13.0. The van der Waals surface area contributed by atoms with Gasteiger partial charge < -0.3 is 15.7 Å². The molecule has 3 N–H and O–H groups in total. The first-order chi connectivity index (χ1) is 11.3. The molecule has 1 aromatic carbocycles. The number of halogens is 2. The molecular weight excluding hydrogens is 355 g/mol. The van der Waals surface area contributed by atoms with Gasteiger partial charge in [-0.25, -0.2) is 4.79 Å². The highest BCUT2D eigenvalue weighted by Crippen LogP contribution is 2.25. The van der Waals surface area contributed by atoms with E-state index in [0.717, 1.165) is 6.42 Å². The number of carboxylic acid groups (broad SMARTS) is 1. The number of rotatable bonds is 8. The van der Waals surface area contributed by atoms with Crippen LogP contribution in [0.3, 0.4) is 0 Å². The van der Waals surface area contributed by atoms with Crippen molar-refractivity contribution in [3.05, 3.63) is 33.8 Å². The first kappa shape index (κ1) is 20.3. The summed E-state index contributed by atoms with van der Waals surface area (Å²) in [6.45, 7) is 3.39. The van der Waals surface area contributed by atoms with Crippen molar-refractivity contribution in [2.45, 2.75) is 45.2 Å². The van der Waals surface area contributed by atoms with Crippen molar-refractivity contribution in [2.75, 3.05) is 0 Å². The minimum atomic E-state index is -1.10. The molecule has 6 nitrogen and oxygen atoms in total. The third kappa shape index (κ3) is 5.69. The average molecular weight is 375 g/mol. The van der Waals surface area contributed by atoms with E-state index in [-0.39, 0.29) is 15.6 Å². The molecule has 0 aliphatic carbocycles. The molecule has 1 unspecified atom stereocenters. The fourth-order valence-corrected chi connectivity index (χ4v) is 2.37. The van der Waals surface area contributed by atoms with Gasteiger partial charge in [-0.2, -0.15) is 0 Å². The SMILES string of the molecule is CCCC[C@H](NC(=O)C(C)NC(=O)c1cccc(Cl)c1Cl)C(=O)O. The Labute approximate surface area is 150 Å². The lowest BCUT2D eigenvalue weighted by Gasteiger charge is -2.19. The van der Waals surface area contributed by atoms with E-state index in [2.05, 4.69) is 10.6 Å². The van der Waals surface area contributed by atoms with Crippen LogP contribution in [0, 0.1) is 0 Å². The lowest BCUT2D eigenvalue weighted by molar-refractivity contribution is -0.142. The van der Waals surface area contributed by atoms with Crippen LogP contribution < -0.4 is 10.6 Å². The van der Waals surface area contributed by atoms with Crippen molar-refractivity contribution >= 4 is 41.0 Å². The molecule has 0 saturated carbocycles. The summed E-state index contributed by atoms with van der Waals surface area (Å²) in [6, 6.07) is 2.69. The monoisotopic (exact) mass is 374 g/mol. The predicted molar refractivity (Wildman–Crippen MR) is 92.5 cm³/mol. The molecule has 0 aromatic heterocycles. The Balaban J connectivity index is 2.70. The van der Waals surface area contributed by atoms with E-state index in [1.807, 2.05) is 6.92 Å². The lowest BCUT2D eigenvalue weighted by Crippen LogP contribution is -2.50. The van der Waals surface area contributed by atoms with Gasteiger partial charge in [-0.3, -0.25) is 9.59 Å². The molecule has 0 saturated heterocycles. The fraction of sp³-hybridized carbons (Fsp3) is 0.438. The Hall–Kier alpha value is -1.79. The van der Waals surface area contributed by atoms with E-state index in [0.29, 0.717) is 12.8 Å². The van der Waals surface area contributed by atoms with Crippen molar-refractivity contribution in [3.8, 4) is 0 Å². The predicted octanol–water partition coefficient (Wildman–Crippen LogP) is 2.87. The van der Waals surface area contributed by atoms with Gasteiger partial charge in [0.2, 0.25) is 5.91 Å². The van der Waals surface area contributed by atoms with E-state index < -0.39 is 29.9 Å². The molecule has 0 spiro atoms. The van der Waals surface area contributed by atoms with Gasteiger partial charge >= 0.3 is 5.97 Å². The molecule has 0 radical (unpaired) electrons. The summed E-state index contributed by atoms with van der Waals surface area (Å²) in [4.78, 5) is 35.4. The number of unbranched alkanes of at least 4 members (excludes halogenated alkanes) is 1. The summed E-state index contributed by atoms with van der Waals surface area (Å²) in [5.74, 6) is -2.25. The van der Waals surface area contributed by atoms with E-state index in [1.54, 1.807) is 12.1 Å². The van der Waals surface area contributed by atoms with Crippen LogP contribution >= 0.6 is 23.2 Å². The summed E-state index contributed by atoms with van der Waals surface area (Å²) in [6.07, 6.45) is 1.83. The molecule has 0 aliphatic heterocycles. The second kappa shape index (κ2) is 9.49. The third-order valence-electron chi connectivity index (χ3n) is 3.40.